The molecule has 0 bridgehead atoms. The first kappa shape index (κ1) is 17.1. The van der Waals surface area contributed by atoms with Crippen molar-refractivity contribution in [3.05, 3.63) is 30.3 Å². The summed E-state index contributed by atoms with van der Waals surface area (Å²) >= 11 is 0. The Labute approximate surface area is 123 Å². The van der Waals surface area contributed by atoms with Gasteiger partial charge in [-0.05, 0) is 25.0 Å². The Balaban J connectivity index is 2.16. The molecule has 116 valence electrons. The van der Waals surface area contributed by atoms with Crippen LogP contribution in [0.1, 0.15) is 39.0 Å². The maximum Gasteiger partial charge on any atom is 0.323 e. The summed E-state index contributed by atoms with van der Waals surface area (Å²) in [4.78, 5) is 22.8. The standard InChI is InChI=1S/C15H20O6/c1-2-15(18,19)21-14(17)11-7-6-10-13(16)20-12-8-4-3-5-9-12/h3-5,8-9,18-19H,2,6-7,10-11H2,1H3. The van der Waals surface area contributed by atoms with Crippen molar-refractivity contribution in [1.29, 1.82) is 0 Å². The van der Waals surface area contributed by atoms with E-state index in [0.29, 0.717) is 18.6 Å². The summed E-state index contributed by atoms with van der Waals surface area (Å²) in [6.45, 7) is 1.48. The molecule has 1 rings (SSSR count). The van der Waals surface area contributed by atoms with Gasteiger partial charge in [-0.3, -0.25) is 9.59 Å². The molecular formula is C15H20O6. The highest BCUT2D eigenvalue weighted by Crippen LogP contribution is 2.12. The number of carbonyl (C=O) groups excluding carboxylic acids is 2. The second-order valence-corrected chi connectivity index (χ2v) is 4.56. The molecule has 6 nitrogen and oxygen atoms in total. The zero-order chi connectivity index (χ0) is 15.7. The van der Waals surface area contributed by atoms with Crippen LogP contribution in [0.3, 0.4) is 0 Å². The predicted molar refractivity (Wildman–Crippen MR) is 74.1 cm³/mol. The lowest BCUT2D eigenvalue weighted by atomic mass is 10.2. The molecule has 0 spiro atoms. The summed E-state index contributed by atoms with van der Waals surface area (Å²) in [6.07, 6.45) is 0.947. The summed E-state index contributed by atoms with van der Waals surface area (Å²) in [5.41, 5.74) is 0. The van der Waals surface area contributed by atoms with Crippen LogP contribution in [0.5, 0.6) is 5.75 Å². The van der Waals surface area contributed by atoms with Crippen LogP contribution >= 0.6 is 0 Å². The summed E-state index contributed by atoms with van der Waals surface area (Å²) in [6, 6.07) is 8.72. The summed E-state index contributed by atoms with van der Waals surface area (Å²) in [5.74, 6) is -3.01. The lowest BCUT2D eigenvalue weighted by Crippen LogP contribution is -2.33. The van der Waals surface area contributed by atoms with E-state index >= 15 is 0 Å². The van der Waals surface area contributed by atoms with Crippen LogP contribution in [0.4, 0.5) is 0 Å². The van der Waals surface area contributed by atoms with Gasteiger partial charge in [-0.25, -0.2) is 0 Å². The van der Waals surface area contributed by atoms with Gasteiger partial charge in [-0.2, -0.15) is 0 Å². The number of para-hydroxylation sites is 1. The van der Waals surface area contributed by atoms with Crippen molar-refractivity contribution in [2.45, 2.75) is 45.0 Å². The number of unbranched alkanes of at least 4 members (excludes halogenated alkanes) is 1. The highest BCUT2D eigenvalue weighted by atomic mass is 16.8. The van der Waals surface area contributed by atoms with Crippen molar-refractivity contribution in [3.8, 4) is 5.75 Å². The van der Waals surface area contributed by atoms with Crippen LogP contribution < -0.4 is 4.74 Å². The fourth-order valence-corrected chi connectivity index (χ4v) is 1.52. The van der Waals surface area contributed by atoms with Crippen LogP contribution in [0.25, 0.3) is 0 Å². The van der Waals surface area contributed by atoms with Crippen LogP contribution in [0.2, 0.25) is 0 Å². The molecule has 0 saturated carbocycles. The number of ether oxygens (including phenoxy) is 2. The fourth-order valence-electron chi connectivity index (χ4n) is 1.52. The molecule has 2 N–H and O–H groups in total. The molecule has 21 heavy (non-hydrogen) atoms. The largest absolute Gasteiger partial charge is 0.427 e. The molecule has 0 amide bonds. The SMILES string of the molecule is CCC(O)(O)OC(=O)CCCCC(=O)Oc1ccccc1. The fraction of sp³-hybridized carbons (Fsp3) is 0.467. The van der Waals surface area contributed by atoms with E-state index in [-0.39, 0.29) is 25.2 Å². The summed E-state index contributed by atoms with van der Waals surface area (Å²) in [5, 5.41) is 18.3. The molecule has 0 saturated heterocycles. The van der Waals surface area contributed by atoms with Gasteiger partial charge >= 0.3 is 17.9 Å². The van der Waals surface area contributed by atoms with Crippen LogP contribution in [0.15, 0.2) is 30.3 Å². The van der Waals surface area contributed by atoms with E-state index in [1.165, 1.54) is 6.92 Å². The zero-order valence-corrected chi connectivity index (χ0v) is 11.9. The van der Waals surface area contributed by atoms with Gasteiger partial charge in [-0.15, -0.1) is 0 Å². The lowest BCUT2D eigenvalue weighted by molar-refractivity contribution is -0.320. The molecular weight excluding hydrogens is 276 g/mol. The molecule has 0 aliphatic carbocycles. The van der Waals surface area contributed by atoms with E-state index in [2.05, 4.69) is 4.74 Å². The number of hydrogen-bond donors (Lipinski definition) is 2. The van der Waals surface area contributed by atoms with Crippen LogP contribution in [-0.4, -0.2) is 28.1 Å². The first-order chi connectivity index (χ1) is 9.93. The third-order valence-corrected chi connectivity index (χ3v) is 2.72. The van der Waals surface area contributed by atoms with Crippen molar-refractivity contribution >= 4 is 11.9 Å². The van der Waals surface area contributed by atoms with Gasteiger partial charge < -0.3 is 19.7 Å². The van der Waals surface area contributed by atoms with E-state index in [4.69, 9.17) is 14.9 Å². The minimum Gasteiger partial charge on any atom is -0.427 e. The first-order valence-electron chi connectivity index (χ1n) is 6.85. The Morgan fingerprint density at radius 3 is 2.19 bits per heavy atom. The molecule has 0 fully saturated rings. The Morgan fingerprint density at radius 1 is 1.05 bits per heavy atom. The second-order valence-electron chi connectivity index (χ2n) is 4.56. The second kappa shape index (κ2) is 8.39. The Morgan fingerprint density at radius 2 is 1.62 bits per heavy atom. The third kappa shape index (κ3) is 7.43. The number of aliphatic hydroxyl groups is 2. The average molecular weight is 296 g/mol. The smallest absolute Gasteiger partial charge is 0.323 e. The van der Waals surface area contributed by atoms with Gasteiger partial charge in [-0.1, -0.05) is 25.1 Å². The van der Waals surface area contributed by atoms with Gasteiger partial charge in [0, 0.05) is 19.3 Å². The first-order valence-corrected chi connectivity index (χ1v) is 6.85. The molecule has 0 aromatic heterocycles. The van der Waals surface area contributed by atoms with Gasteiger partial charge in [0.15, 0.2) is 0 Å². The lowest BCUT2D eigenvalue weighted by Gasteiger charge is -2.19. The highest BCUT2D eigenvalue weighted by Gasteiger charge is 2.25. The van der Waals surface area contributed by atoms with Crippen LogP contribution in [0, 0.1) is 0 Å². The van der Waals surface area contributed by atoms with Gasteiger partial charge in [0.25, 0.3) is 0 Å². The van der Waals surface area contributed by atoms with E-state index in [9.17, 15) is 9.59 Å². The Hall–Kier alpha value is -1.92. The molecule has 0 atom stereocenters. The molecule has 6 heteroatoms. The number of esters is 2. The monoisotopic (exact) mass is 296 g/mol. The maximum absolute atomic E-state index is 11.5. The molecule has 0 radical (unpaired) electrons. The van der Waals surface area contributed by atoms with Crippen molar-refractivity contribution < 1.29 is 29.3 Å². The molecule has 1 aromatic carbocycles. The molecule has 0 aliphatic rings. The number of hydrogen-bond acceptors (Lipinski definition) is 6. The van der Waals surface area contributed by atoms with Gasteiger partial charge in [0.05, 0.1) is 0 Å². The van der Waals surface area contributed by atoms with E-state index in [1.54, 1.807) is 24.3 Å². The third-order valence-electron chi connectivity index (χ3n) is 2.72. The van der Waals surface area contributed by atoms with Gasteiger partial charge in [0.2, 0.25) is 0 Å². The van der Waals surface area contributed by atoms with Crippen molar-refractivity contribution in [2.24, 2.45) is 0 Å². The van der Waals surface area contributed by atoms with Crippen LogP contribution in [-0.2, 0) is 14.3 Å². The minimum atomic E-state index is -2.41. The topological polar surface area (TPSA) is 93.1 Å². The Kier molecular flexibility index (Phi) is 6.84. The average Bonchev–Trinajstić information content (AvgIpc) is 2.44. The van der Waals surface area contributed by atoms with E-state index < -0.39 is 11.9 Å². The number of benzene rings is 1. The zero-order valence-electron chi connectivity index (χ0n) is 11.9. The highest BCUT2D eigenvalue weighted by molar-refractivity contribution is 5.72. The van der Waals surface area contributed by atoms with Crippen molar-refractivity contribution in [3.63, 3.8) is 0 Å². The number of carbonyl (C=O) groups is 2. The molecule has 0 aliphatic heterocycles. The van der Waals surface area contributed by atoms with E-state index in [0.717, 1.165) is 0 Å². The van der Waals surface area contributed by atoms with Crippen molar-refractivity contribution in [2.75, 3.05) is 0 Å². The van der Waals surface area contributed by atoms with E-state index in [1.807, 2.05) is 6.07 Å². The Bertz CT molecular complexity index is 454. The molecule has 0 unspecified atom stereocenters. The quantitative estimate of drug-likeness (QED) is 0.328. The predicted octanol–water partition coefficient (Wildman–Crippen LogP) is 1.74. The van der Waals surface area contributed by atoms with Crippen molar-refractivity contribution in [1.82, 2.24) is 0 Å². The summed E-state index contributed by atoms with van der Waals surface area (Å²) in [7, 11) is 0. The molecule has 0 heterocycles. The summed E-state index contributed by atoms with van der Waals surface area (Å²) < 4.78 is 9.53. The normalized spacial score (nSPS) is 11.0. The minimum absolute atomic E-state index is 0.0154. The number of rotatable bonds is 8. The van der Waals surface area contributed by atoms with Gasteiger partial charge in [0.1, 0.15) is 5.75 Å². The molecule has 1 aromatic rings. The maximum atomic E-state index is 11.5.